The summed E-state index contributed by atoms with van der Waals surface area (Å²) < 4.78 is 0. The van der Waals surface area contributed by atoms with E-state index < -0.39 is 0 Å². The van der Waals surface area contributed by atoms with Crippen molar-refractivity contribution >= 4 is 22.7 Å². The van der Waals surface area contributed by atoms with Gasteiger partial charge in [0, 0.05) is 42.7 Å². The van der Waals surface area contributed by atoms with E-state index in [1.54, 1.807) is 0 Å². The molecule has 2 fully saturated rings. The molecule has 3 heterocycles. The van der Waals surface area contributed by atoms with Gasteiger partial charge in [-0.3, -0.25) is 14.6 Å². The van der Waals surface area contributed by atoms with Crippen molar-refractivity contribution in [1.82, 2.24) is 14.8 Å². The van der Waals surface area contributed by atoms with Crippen molar-refractivity contribution < 1.29 is 9.59 Å². The van der Waals surface area contributed by atoms with E-state index in [4.69, 9.17) is 4.98 Å². The number of carbonyl (C=O) groups excluding carboxylic acids is 2. The minimum absolute atomic E-state index is 0.0283. The molecule has 2 aliphatic rings. The van der Waals surface area contributed by atoms with E-state index in [0.29, 0.717) is 5.92 Å². The molecule has 4 rings (SSSR count). The van der Waals surface area contributed by atoms with Gasteiger partial charge in [-0.2, -0.15) is 0 Å². The molecule has 0 bridgehead atoms. The highest BCUT2D eigenvalue weighted by molar-refractivity contribution is 6.07. The van der Waals surface area contributed by atoms with Gasteiger partial charge in [0.05, 0.1) is 11.1 Å². The maximum absolute atomic E-state index is 13.8. The van der Waals surface area contributed by atoms with Gasteiger partial charge in [-0.1, -0.05) is 25.5 Å². The van der Waals surface area contributed by atoms with Crippen LogP contribution in [0, 0.1) is 32.6 Å². The number of pyridine rings is 1. The van der Waals surface area contributed by atoms with Crippen LogP contribution >= 0.6 is 0 Å². The van der Waals surface area contributed by atoms with Crippen molar-refractivity contribution in [3.8, 4) is 0 Å². The summed E-state index contributed by atoms with van der Waals surface area (Å²) in [5.41, 5.74) is 4.83. The highest BCUT2D eigenvalue weighted by atomic mass is 16.2. The first-order chi connectivity index (χ1) is 14.3. The van der Waals surface area contributed by atoms with Crippen LogP contribution in [0.4, 0.5) is 0 Å². The van der Waals surface area contributed by atoms with E-state index in [1.165, 1.54) is 0 Å². The van der Waals surface area contributed by atoms with Gasteiger partial charge in [0.25, 0.3) is 5.91 Å². The fraction of sp³-hybridized carbons (Fsp3) is 0.560. The van der Waals surface area contributed by atoms with Gasteiger partial charge in [0.15, 0.2) is 0 Å². The minimum Gasteiger partial charge on any atom is -0.342 e. The molecule has 2 saturated heterocycles. The molecule has 2 atom stereocenters. The van der Waals surface area contributed by atoms with Crippen LogP contribution in [-0.4, -0.2) is 52.3 Å². The van der Waals surface area contributed by atoms with Gasteiger partial charge >= 0.3 is 0 Å². The molecule has 0 saturated carbocycles. The summed E-state index contributed by atoms with van der Waals surface area (Å²) >= 11 is 0. The molecular formula is C25H33N3O2. The second kappa shape index (κ2) is 8.01. The Bertz CT molecular complexity index is 998. The Morgan fingerprint density at radius 2 is 1.83 bits per heavy atom. The van der Waals surface area contributed by atoms with Crippen molar-refractivity contribution in [2.24, 2.45) is 11.8 Å². The van der Waals surface area contributed by atoms with Crippen molar-refractivity contribution in [2.45, 2.75) is 59.9 Å². The van der Waals surface area contributed by atoms with Gasteiger partial charge in [-0.15, -0.1) is 0 Å². The zero-order valence-electron chi connectivity index (χ0n) is 18.9. The van der Waals surface area contributed by atoms with Crippen molar-refractivity contribution in [2.75, 3.05) is 19.6 Å². The number of carbonyl (C=O) groups is 2. The standard InChI is InChI=1S/C25H33N3O2/c1-15(2)24(29)27-10-8-22-19(14-27)7-6-9-28(22)25(30)21-13-18(5)26-23-17(4)11-16(3)12-20(21)23/h11-13,15,19,22H,6-10,14H2,1-5H3/t19-,22-/m1/s1. The number of hydrogen-bond acceptors (Lipinski definition) is 3. The molecule has 2 amide bonds. The molecule has 1 aromatic carbocycles. The number of nitrogens with zero attached hydrogens (tertiary/aromatic N) is 3. The second-order valence-corrected chi connectivity index (χ2v) is 9.49. The number of benzene rings is 1. The maximum atomic E-state index is 13.8. The van der Waals surface area contributed by atoms with E-state index in [-0.39, 0.29) is 23.8 Å². The molecule has 0 unspecified atom stereocenters. The summed E-state index contributed by atoms with van der Waals surface area (Å²) in [7, 11) is 0. The fourth-order valence-corrected chi connectivity index (χ4v) is 5.36. The summed E-state index contributed by atoms with van der Waals surface area (Å²) in [6, 6.07) is 6.39. The largest absolute Gasteiger partial charge is 0.342 e. The third kappa shape index (κ3) is 3.70. The molecule has 1 aromatic heterocycles. The number of aromatic nitrogens is 1. The van der Waals surface area contributed by atoms with Gasteiger partial charge in [0.1, 0.15) is 0 Å². The predicted octanol–water partition coefficient (Wildman–Crippen LogP) is 4.27. The Morgan fingerprint density at radius 1 is 1.07 bits per heavy atom. The summed E-state index contributed by atoms with van der Waals surface area (Å²) in [5.74, 6) is 0.754. The molecule has 5 heteroatoms. The van der Waals surface area contributed by atoms with Crippen LogP contribution < -0.4 is 0 Å². The van der Waals surface area contributed by atoms with Crippen molar-refractivity contribution in [1.29, 1.82) is 0 Å². The maximum Gasteiger partial charge on any atom is 0.254 e. The summed E-state index contributed by atoms with van der Waals surface area (Å²) in [6.45, 7) is 12.3. The third-order valence-electron chi connectivity index (χ3n) is 6.74. The third-order valence-corrected chi connectivity index (χ3v) is 6.74. The van der Waals surface area contributed by atoms with Gasteiger partial charge < -0.3 is 9.80 Å². The quantitative estimate of drug-likeness (QED) is 0.747. The first kappa shape index (κ1) is 20.8. The Balaban J connectivity index is 1.65. The Morgan fingerprint density at radius 3 is 2.57 bits per heavy atom. The zero-order valence-corrected chi connectivity index (χ0v) is 18.9. The number of aryl methyl sites for hydroxylation is 3. The molecule has 2 aromatic rings. The molecular weight excluding hydrogens is 374 g/mol. The minimum atomic E-state index is 0.0283. The Kier molecular flexibility index (Phi) is 5.56. The van der Waals surface area contributed by atoms with Crippen molar-refractivity contribution in [3.63, 3.8) is 0 Å². The predicted molar refractivity (Wildman–Crippen MR) is 120 cm³/mol. The van der Waals surface area contributed by atoms with E-state index in [9.17, 15) is 9.59 Å². The van der Waals surface area contributed by atoms with E-state index >= 15 is 0 Å². The number of amides is 2. The number of rotatable bonds is 2. The smallest absolute Gasteiger partial charge is 0.254 e. The normalized spacial score (nSPS) is 21.8. The van der Waals surface area contributed by atoms with E-state index in [1.807, 2.05) is 31.7 Å². The van der Waals surface area contributed by atoms with Crippen LogP contribution in [0.15, 0.2) is 18.2 Å². The highest BCUT2D eigenvalue weighted by Crippen LogP contribution is 2.33. The SMILES string of the molecule is Cc1cc(C)c2nc(C)cc(C(=O)N3CCC[C@@H]4CN(C(=O)C(C)C)CC[C@H]43)c2c1. The van der Waals surface area contributed by atoms with Crippen LogP contribution in [0.3, 0.4) is 0 Å². The van der Waals surface area contributed by atoms with Crippen LogP contribution in [0.25, 0.3) is 10.9 Å². The lowest BCUT2D eigenvalue weighted by molar-refractivity contribution is -0.137. The topological polar surface area (TPSA) is 53.5 Å². The van der Waals surface area contributed by atoms with Crippen LogP contribution in [0.2, 0.25) is 0 Å². The van der Waals surface area contributed by atoms with E-state index in [0.717, 1.165) is 72.2 Å². The molecule has 0 N–H and O–H groups in total. The lowest BCUT2D eigenvalue weighted by Gasteiger charge is -2.47. The average Bonchev–Trinajstić information content (AvgIpc) is 2.71. The zero-order chi connectivity index (χ0) is 21.6. The Labute approximate surface area is 179 Å². The summed E-state index contributed by atoms with van der Waals surface area (Å²) in [5, 5.41) is 0.956. The molecule has 30 heavy (non-hydrogen) atoms. The first-order valence-corrected chi connectivity index (χ1v) is 11.2. The lowest BCUT2D eigenvalue weighted by atomic mass is 9.83. The van der Waals surface area contributed by atoms with Gasteiger partial charge in [-0.05, 0) is 63.6 Å². The van der Waals surface area contributed by atoms with Gasteiger partial charge in [-0.25, -0.2) is 0 Å². The molecule has 5 nitrogen and oxygen atoms in total. The monoisotopic (exact) mass is 407 g/mol. The molecule has 0 aliphatic carbocycles. The van der Waals surface area contributed by atoms with Crippen LogP contribution in [-0.2, 0) is 4.79 Å². The van der Waals surface area contributed by atoms with Crippen molar-refractivity contribution in [3.05, 3.63) is 40.6 Å². The number of hydrogen-bond donors (Lipinski definition) is 0. The average molecular weight is 408 g/mol. The summed E-state index contributed by atoms with van der Waals surface area (Å²) in [4.78, 5) is 35.1. The molecule has 0 radical (unpaired) electrons. The molecule has 160 valence electrons. The second-order valence-electron chi connectivity index (χ2n) is 9.49. The number of fused-ring (bicyclic) bond motifs is 2. The molecule has 0 spiro atoms. The lowest BCUT2D eigenvalue weighted by Crippen LogP contribution is -2.57. The van der Waals surface area contributed by atoms with E-state index in [2.05, 4.69) is 30.9 Å². The van der Waals surface area contributed by atoms with Crippen LogP contribution in [0.1, 0.15) is 60.3 Å². The van der Waals surface area contributed by atoms with Crippen LogP contribution in [0.5, 0.6) is 0 Å². The van der Waals surface area contributed by atoms with Gasteiger partial charge in [0.2, 0.25) is 5.91 Å². The highest BCUT2D eigenvalue weighted by Gasteiger charge is 2.40. The number of likely N-dealkylation sites (tertiary alicyclic amines) is 2. The molecule has 2 aliphatic heterocycles. The number of piperidine rings is 2. The summed E-state index contributed by atoms with van der Waals surface area (Å²) in [6.07, 6.45) is 2.95. The fourth-order valence-electron chi connectivity index (χ4n) is 5.36. The first-order valence-electron chi connectivity index (χ1n) is 11.2. The Hall–Kier alpha value is -2.43.